The normalized spacial score (nSPS) is 11.4. The zero-order valence-electron chi connectivity index (χ0n) is 18.9. The maximum Gasteiger partial charge on any atom is 0.255 e. The van der Waals surface area contributed by atoms with Gasteiger partial charge in [0, 0.05) is 16.1 Å². The van der Waals surface area contributed by atoms with Gasteiger partial charge in [-0.1, -0.05) is 54.1 Å². The Morgan fingerprint density at radius 2 is 1.46 bits per heavy atom. The number of thioether (sulfide) groups is 1. The maximum atomic E-state index is 13.2. The lowest BCUT2D eigenvalue weighted by Gasteiger charge is -2.18. The summed E-state index contributed by atoms with van der Waals surface area (Å²) < 4.78 is 5.13. The first kappa shape index (κ1) is 24.4. The number of nitrogens with one attached hydrogen (secondary N) is 2. The summed E-state index contributed by atoms with van der Waals surface area (Å²) >= 11 is 7.66. The van der Waals surface area contributed by atoms with E-state index >= 15 is 0 Å². The van der Waals surface area contributed by atoms with Gasteiger partial charge in [0.15, 0.2) is 0 Å². The van der Waals surface area contributed by atoms with Crippen molar-refractivity contribution in [2.24, 2.45) is 0 Å². The first-order chi connectivity index (χ1) is 17.0. The lowest BCUT2D eigenvalue weighted by molar-refractivity contribution is -0.115. The summed E-state index contributed by atoms with van der Waals surface area (Å²) in [6, 6.07) is 31.0. The third-order valence-electron chi connectivity index (χ3n) is 5.19. The molecule has 4 rings (SSSR count). The van der Waals surface area contributed by atoms with Crippen molar-refractivity contribution >= 4 is 46.6 Å². The number of amides is 2. The van der Waals surface area contributed by atoms with Crippen LogP contribution < -0.4 is 15.4 Å². The smallest absolute Gasteiger partial charge is 0.255 e. The number of halogens is 1. The van der Waals surface area contributed by atoms with E-state index in [9.17, 15) is 9.59 Å². The fourth-order valence-electron chi connectivity index (χ4n) is 3.36. The minimum atomic E-state index is -0.493. The van der Waals surface area contributed by atoms with Crippen molar-refractivity contribution in [2.75, 3.05) is 17.7 Å². The average Bonchev–Trinajstić information content (AvgIpc) is 2.90. The minimum Gasteiger partial charge on any atom is -0.497 e. The van der Waals surface area contributed by atoms with Crippen molar-refractivity contribution in [3.63, 3.8) is 0 Å². The summed E-state index contributed by atoms with van der Waals surface area (Å²) in [7, 11) is 1.58. The molecule has 0 saturated heterocycles. The van der Waals surface area contributed by atoms with Crippen molar-refractivity contribution in [1.82, 2.24) is 0 Å². The van der Waals surface area contributed by atoms with Gasteiger partial charge in [-0.25, -0.2) is 0 Å². The highest BCUT2D eigenvalue weighted by Gasteiger charge is 2.23. The molecule has 7 heteroatoms. The topological polar surface area (TPSA) is 67.4 Å². The number of hydrogen-bond acceptors (Lipinski definition) is 4. The summed E-state index contributed by atoms with van der Waals surface area (Å²) in [6.45, 7) is 0. The number of carbonyl (C=O) groups excluding carboxylic acids is 2. The standard InChI is InChI=1S/C28H23ClN2O3S/c1-34-22-15-11-20(12-16-22)27(32)30-21-13-17-23(18-14-21)35-26(19-7-3-2-4-8-19)28(33)31-25-10-6-5-9-24(25)29/h2-18,26H,1H3,(H,30,32)(H,31,33). The van der Waals surface area contributed by atoms with Crippen LogP contribution in [0.3, 0.4) is 0 Å². The zero-order valence-corrected chi connectivity index (χ0v) is 20.5. The molecule has 0 saturated carbocycles. The molecule has 0 aliphatic carbocycles. The summed E-state index contributed by atoms with van der Waals surface area (Å²) in [5.41, 5.74) is 2.63. The van der Waals surface area contributed by atoms with Crippen molar-refractivity contribution in [3.8, 4) is 5.75 Å². The molecule has 2 amide bonds. The van der Waals surface area contributed by atoms with Gasteiger partial charge in [0.2, 0.25) is 5.91 Å². The van der Waals surface area contributed by atoms with Gasteiger partial charge in [-0.15, -0.1) is 11.8 Å². The van der Waals surface area contributed by atoms with E-state index in [1.54, 1.807) is 43.5 Å². The van der Waals surface area contributed by atoms with E-state index in [0.29, 0.717) is 27.7 Å². The van der Waals surface area contributed by atoms with Crippen LogP contribution >= 0.6 is 23.4 Å². The number of benzene rings is 4. The van der Waals surface area contributed by atoms with Gasteiger partial charge >= 0.3 is 0 Å². The van der Waals surface area contributed by atoms with Crippen LogP contribution in [0, 0.1) is 0 Å². The number of anilines is 2. The van der Waals surface area contributed by atoms with E-state index in [0.717, 1.165) is 10.5 Å². The number of carbonyl (C=O) groups is 2. The highest BCUT2D eigenvalue weighted by Crippen LogP contribution is 2.37. The van der Waals surface area contributed by atoms with E-state index < -0.39 is 5.25 Å². The summed E-state index contributed by atoms with van der Waals surface area (Å²) in [4.78, 5) is 26.6. The molecule has 0 radical (unpaired) electrons. The van der Waals surface area contributed by atoms with Crippen molar-refractivity contribution in [1.29, 1.82) is 0 Å². The molecule has 1 unspecified atom stereocenters. The Morgan fingerprint density at radius 3 is 2.11 bits per heavy atom. The molecule has 176 valence electrons. The second-order valence-electron chi connectivity index (χ2n) is 7.58. The minimum absolute atomic E-state index is 0.175. The number of ether oxygens (including phenoxy) is 1. The Hall–Kier alpha value is -3.74. The summed E-state index contributed by atoms with van der Waals surface area (Å²) in [5, 5.41) is 5.81. The molecule has 0 bridgehead atoms. The monoisotopic (exact) mass is 502 g/mol. The van der Waals surface area contributed by atoms with Gasteiger partial charge in [0.25, 0.3) is 5.91 Å². The average molecular weight is 503 g/mol. The molecule has 2 N–H and O–H groups in total. The Labute approximate surface area is 213 Å². The summed E-state index contributed by atoms with van der Waals surface area (Å²) in [6.07, 6.45) is 0. The molecule has 0 heterocycles. The third-order valence-corrected chi connectivity index (χ3v) is 6.79. The van der Waals surface area contributed by atoms with Crippen LogP contribution in [0.15, 0.2) is 108 Å². The van der Waals surface area contributed by atoms with E-state index in [-0.39, 0.29) is 11.8 Å². The van der Waals surface area contributed by atoms with Gasteiger partial charge in [-0.05, 0) is 66.2 Å². The second-order valence-corrected chi connectivity index (χ2v) is 9.17. The van der Waals surface area contributed by atoms with E-state index in [2.05, 4.69) is 10.6 Å². The van der Waals surface area contributed by atoms with Gasteiger partial charge in [-0.2, -0.15) is 0 Å². The highest BCUT2D eigenvalue weighted by molar-refractivity contribution is 8.00. The Bertz CT molecular complexity index is 1300. The van der Waals surface area contributed by atoms with Crippen LogP contribution in [0.2, 0.25) is 5.02 Å². The lowest BCUT2D eigenvalue weighted by Crippen LogP contribution is -2.19. The van der Waals surface area contributed by atoms with Gasteiger partial charge in [0.1, 0.15) is 11.0 Å². The van der Waals surface area contributed by atoms with Gasteiger partial charge in [0.05, 0.1) is 17.8 Å². The van der Waals surface area contributed by atoms with E-state index in [1.807, 2.05) is 66.7 Å². The Balaban J connectivity index is 1.47. The van der Waals surface area contributed by atoms with Crippen molar-refractivity contribution < 1.29 is 14.3 Å². The fraction of sp³-hybridized carbons (Fsp3) is 0.0714. The Kier molecular flexibility index (Phi) is 8.08. The van der Waals surface area contributed by atoms with Crippen molar-refractivity contribution in [3.05, 3.63) is 119 Å². The van der Waals surface area contributed by atoms with Crippen LogP contribution in [0.25, 0.3) is 0 Å². The Morgan fingerprint density at radius 1 is 0.800 bits per heavy atom. The summed E-state index contributed by atoms with van der Waals surface area (Å²) in [5.74, 6) is 0.301. The molecule has 0 aromatic heterocycles. The van der Waals surface area contributed by atoms with E-state index in [1.165, 1.54) is 11.8 Å². The first-order valence-electron chi connectivity index (χ1n) is 10.9. The molecular weight excluding hydrogens is 480 g/mol. The third kappa shape index (κ3) is 6.44. The molecule has 0 aliphatic heterocycles. The van der Waals surface area contributed by atoms with Crippen LogP contribution in [0.4, 0.5) is 11.4 Å². The van der Waals surface area contributed by atoms with Crippen LogP contribution in [0.1, 0.15) is 21.2 Å². The highest BCUT2D eigenvalue weighted by atomic mass is 35.5. The predicted octanol–water partition coefficient (Wildman–Crippen LogP) is 7.07. The van der Waals surface area contributed by atoms with Crippen LogP contribution in [-0.4, -0.2) is 18.9 Å². The van der Waals surface area contributed by atoms with E-state index in [4.69, 9.17) is 16.3 Å². The largest absolute Gasteiger partial charge is 0.497 e. The number of para-hydroxylation sites is 1. The first-order valence-corrected chi connectivity index (χ1v) is 12.1. The molecule has 0 fully saturated rings. The lowest BCUT2D eigenvalue weighted by atomic mass is 10.1. The molecular formula is C28H23ClN2O3S. The molecule has 0 aliphatic rings. The number of rotatable bonds is 8. The van der Waals surface area contributed by atoms with Gasteiger partial charge < -0.3 is 15.4 Å². The molecule has 35 heavy (non-hydrogen) atoms. The molecule has 1 atom stereocenters. The fourth-order valence-corrected chi connectivity index (χ4v) is 4.57. The molecule has 4 aromatic rings. The maximum absolute atomic E-state index is 13.2. The SMILES string of the molecule is COc1ccc(C(=O)Nc2ccc(SC(C(=O)Nc3ccccc3Cl)c3ccccc3)cc2)cc1. The predicted molar refractivity (Wildman–Crippen MR) is 143 cm³/mol. The molecule has 0 spiro atoms. The molecule has 5 nitrogen and oxygen atoms in total. The number of hydrogen-bond donors (Lipinski definition) is 2. The van der Waals surface area contributed by atoms with Crippen LogP contribution in [0.5, 0.6) is 5.75 Å². The zero-order chi connectivity index (χ0) is 24.6. The number of methoxy groups -OCH3 is 1. The quantitative estimate of drug-likeness (QED) is 0.253. The van der Waals surface area contributed by atoms with Gasteiger partial charge in [-0.3, -0.25) is 9.59 Å². The molecule has 4 aromatic carbocycles. The van der Waals surface area contributed by atoms with Crippen molar-refractivity contribution in [2.45, 2.75) is 10.1 Å². The second kappa shape index (κ2) is 11.6. The van der Waals surface area contributed by atoms with Crippen LogP contribution in [-0.2, 0) is 4.79 Å².